The van der Waals surface area contributed by atoms with Gasteiger partial charge in [-0.3, -0.25) is 4.79 Å². The minimum absolute atomic E-state index is 0.0387. The van der Waals surface area contributed by atoms with E-state index < -0.39 is 5.91 Å². The molecule has 0 saturated heterocycles. The van der Waals surface area contributed by atoms with Gasteiger partial charge in [-0.25, -0.2) is 0 Å². The predicted octanol–water partition coefficient (Wildman–Crippen LogP) is 2.62. The molecule has 3 nitrogen and oxygen atoms in total. The standard InChI is InChI=1S/C8H3Cl3N2O/c9-4-1-3(2-12)6(10)5(7(4)11)8(13)14/h1H,(H2,13,14). The lowest BCUT2D eigenvalue weighted by atomic mass is 10.1. The summed E-state index contributed by atoms with van der Waals surface area (Å²) >= 11 is 17.1. The lowest BCUT2D eigenvalue weighted by Gasteiger charge is -2.05. The zero-order chi connectivity index (χ0) is 10.9. The topological polar surface area (TPSA) is 66.9 Å². The molecule has 0 aliphatic carbocycles. The number of halogens is 3. The predicted molar refractivity (Wildman–Crippen MR) is 54.7 cm³/mol. The molecule has 0 radical (unpaired) electrons. The van der Waals surface area contributed by atoms with Crippen LogP contribution in [0.3, 0.4) is 0 Å². The van der Waals surface area contributed by atoms with Gasteiger partial charge in [-0.2, -0.15) is 5.26 Å². The molecule has 0 spiro atoms. The van der Waals surface area contributed by atoms with Crippen molar-refractivity contribution in [3.8, 4) is 6.07 Å². The summed E-state index contributed by atoms with van der Waals surface area (Å²) in [5.41, 5.74) is 4.97. The molecule has 0 aromatic heterocycles. The van der Waals surface area contributed by atoms with E-state index >= 15 is 0 Å². The van der Waals surface area contributed by atoms with Crippen molar-refractivity contribution in [3.05, 3.63) is 32.3 Å². The van der Waals surface area contributed by atoms with Crippen LogP contribution in [-0.4, -0.2) is 5.91 Å². The summed E-state index contributed by atoms with van der Waals surface area (Å²) < 4.78 is 0. The van der Waals surface area contributed by atoms with Gasteiger partial charge in [0.05, 0.1) is 26.2 Å². The molecular weight excluding hydrogens is 246 g/mol. The van der Waals surface area contributed by atoms with Gasteiger partial charge in [0.2, 0.25) is 0 Å². The number of benzene rings is 1. The number of hydrogen-bond donors (Lipinski definition) is 1. The van der Waals surface area contributed by atoms with Gasteiger partial charge in [-0.15, -0.1) is 0 Å². The van der Waals surface area contributed by atoms with Crippen LogP contribution in [0.2, 0.25) is 15.1 Å². The maximum atomic E-state index is 10.9. The Kier molecular flexibility index (Phi) is 3.22. The minimum atomic E-state index is -0.820. The Bertz CT molecular complexity index is 451. The highest BCUT2D eigenvalue weighted by Crippen LogP contribution is 2.33. The Morgan fingerprint density at radius 3 is 2.36 bits per heavy atom. The van der Waals surface area contributed by atoms with Crippen LogP contribution in [0.1, 0.15) is 15.9 Å². The van der Waals surface area contributed by atoms with Crippen molar-refractivity contribution in [1.82, 2.24) is 0 Å². The highest BCUT2D eigenvalue weighted by atomic mass is 35.5. The number of hydrogen-bond acceptors (Lipinski definition) is 2. The molecule has 1 rings (SSSR count). The van der Waals surface area contributed by atoms with Crippen molar-refractivity contribution in [2.24, 2.45) is 5.73 Å². The molecule has 0 saturated carbocycles. The molecule has 1 aromatic carbocycles. The number of nitrogens with zero attached hydrogens (tertiary/aromatic N) is 1. The van der Waals surface area contributed by atoms with Crippen molar-refractivity contribution in [3.63, 3.8) is 0 Å². The Balaban J connectivity index is 3.63. The van der Waals surface area contributed by atoms with Crippen molar-refractivity contribution in [2.45, 2.75) is 0 Å². The second-order valence-corrected chi connectivity index (χ2v) is 3.55. The zero-order valence-electron chi connectivity index (χ0n) is 6.64. The van der Waals surface area contributed by atoms with Crippen LogP contribution in [0.4, 0.5) is 0 Å². The molecule has 1 amide bonds. The molecule has 0 heterocycles. The monoisotopic (exact) mass is 248 g/mol. The van der Waals surface area contributed by atoms with Crippen molar-refractivity contribution in [1.29, 1.82) is 5.26 Å². The highest BCUT2D eigenvalue weighted by molar-refractivity contribution is 6.46. The summed E-state index contributed by atoms with van der Waals surface area (Å²) in [6.07, 6.45) is 0. The molecule has 0 unspecified atom stereocenters. The van der Waals surface area contributed by atoms with Crippen molar-refractivity contribution >= 4 is 40.7 Å². The first kappa shape index (κ1) is 11.1. The first-order valence-electron chi connectivity index (χ1n) is 3.36. The van der Waals surface area contributed by atoms with Crippen LogP contribution in [0.25, 0.3) is 0 Å². The normalized spacial score (nSPS) is 9.57. The van der Waals surface area contributed by atoms with Gasteiger partial charge in [0.25, 0.3) is 5.91 Å². The first-order valence-corrected chi connectivity index (χ1v) is 4.49. The van der Waals surface area contributed by atoms with Crippen LogP contribution < -0.4 is 5.73 Å². The van der Waals surface area contributed by atoms with Crippen LogP contribution in [0.5, 0.6) is 0 Å². The third-order valence-corrected chi connectivity index (χ3v) is 2.70. The lowest BCUT2D eigenvalue weighted by molar-refractivity contribution is 0.100. The van der Waals surface area contributed by atoms with Crippen molar-refractivity contribution in [2.75, 3.05) is 0 Å². The number of rotatable bonds is 1. The molecule has 0 aliphatic rings. The Hall–Kier alpha value is -0.950. The number of carbonyl (C=O) groups is 1. The fraction of sp³-hybridized carbons (Fsp3) is 0. The number of nitrogens with two attached hydrogens (primary N) is 1. The van der Waals surface area contributed by atoms with E-state index in [1.54, 1.807) is 6.07 Å². The summed E-state index contributed by atoms with van der Waals surface area (Å²) in [5.74, 6) is -0.820. The van der Waals surface area contributed by atoms with E-state index in [9.17, 15) is 4.79 Å². The molecule has 0 fully saturated rings. The lowest BCUT2D eigenvalue weighted by Crippen LogP contribution is -2.13. The zero-order valence-corrected chi connectivity index (χ0v) is 8.91. The van der Waals surface area contributed by atoms with Crippen LogP contribution in [0.15, 0.2) is 6.07 Å². The average Bonchev–Trinajstić information content (AvgIpc) is 2.11. The third kappa shape index (κ3) is 1.78. The van der Waals surface area contributed by atoms with E-state index in [2.05, 4.69) is 0 Å². The molecule has 0 aliphatic heterocycles. The fourth-order valence-corrected chi connectivity index (χ4v) is 1.68. The maximum absolute atomic E-state index is 10.9. The summed E-state index contributed by atoms with van der Waals surface area (Å²) in [4.78, 5) is 10.9. The van der Waals surface area contributed by atoms with E-state index in [4.69, 9.17) is 45.8 Å². The number of carbonyl (C=O) groups excluding carboxylic acids is 1. The van der Waals surface area contributed by atoms with E-state index in [1.807, 2.05) is 0 Å². The Morgan fingerprint density at radius 2 is 1.93 bits per heavy atom. The number of amides is 1. The van der Waals surface area contributed by atoms with Gasteiger partial charge in [0.15, 0.2) is 0 Å². The van der Waals surface area contributed by atoms with Gasteiger partial charge in [0.1, 0.15) is 6.07 Å². The van der Waals surface area contributed by atoms with E-state index in [-0.39, 0.29) is 26.2 Å². The maximum Gasteiger partial charge on any atom is 0.251 e. The first-order chi connectivity index (χ1) is 6.49. The average molecular weight is 249 g/mol. The largest absolute Gasteiger partial charge is 0.366 e. The summed E-state index contributed by atoms with van der Waals surface area (Å²) in [6.45, 7) is 0. The van der Waals surface area contributed by atoms with Crippen LogP contribution >= 0.6 is 34.8 Å². The quantitative estimate of drug-likeness (QED) is 0.777. The van der Waals surface area contributed by atoms with E-state index in [0.717, 1.165) is 0 Å². The molecule has 14 heavy (non-hydrogen) atoms. The summed E-state index contributed by atoms with van der Waals surface area (Å²) in [6, 6.07) is 3.05. The molecule has 72 valence electrons. The second-order valence-electron chi connectivity index (χ2n) is 2.38. The van der Waals surface area contributed by atoms with Gasteiger partial charge in [-0.1, -0.05) is 34.8 Å². The Morgan fingerprint density at radius 1 is 1.36 bits per heavy atom. The molecule has 0 bridgehead atoms. The molecule has 6 heteroatoms. The van der Waals surface area contributed by atoms with E-state index in [1.165, 1.54) is 6.07 Å². The third-order valence-electron chi connectivity index (χ3n) is 1.52. The van der Waals surface area contributed by atoms with Gasteiger partial charge in [-0.05, 0) is 6.07 Å². The minimum Gasteiger partial charge on any atom is -0.366 e. The molecule has 0 atom stereocenters. The highest BCUT2D eigenvalue weighted by Gasteiger charge is 2.18. The molecule has 1 aromatic rings. The van der Waals surface area contributed by atoms with Gasteiger partial charge < -0.3 is 5.73 Å². The summed E-state index contributed by atoms with van der Waals surface area (Å²) in [7, 11) is 0. The fourth-order valence-electron chi connectivity index (χ4n) is 0.902. The second kappa shape index (κ2) is 4.05. The smallest absolute Gasteiger partial charge is 0.251 e. The van der Waals surface area contributed by atoms with Gasteiger partial charge in [0, 0.05) is 0 Å². The van der Waals surface area contributed by atoms with E-state index in [0.29, 0.717) is 0 Å². The number of nitriles is 1. The van der Waals surface area contributed by atoms with Crippen LogP contribution in [0, 0.1) is 11.3 Å². The van der Waals surface area contributed by atoms with Crippen LogP contribution in [-0.2, 0) is 0 Å². The SMILES string of the molecule is N#Cc1cc(Cl)c(Cl)c(C(N)=O)c1Cl. The van der Waals surface area contributed by atoms with Gasteiger partial charge >= 0.3 is 0 Å². The summed E-state index contributed by atoms with van der Waals surface area (Å²) in [5, 5.41) is 8.61. The molecule has 2 N–H and O–H groups in total. The number of primary amides is 1. The van der Waals surface area contributed by atoms with Crippen molar-refractivity contribution < 1.29 is 4.79 Å². The molecular formula is C8H3Cl3N2O. The Labute approximate surface area is 95.0 Å².